The maximum absolute atomic E-state index is 10.8. The van der Waals surface area contributed by atoms with Crippen LogP contribution in [-0.2, 0) is 0 Å². The summed E-state index contributed by atoms with van der Waals surface area (Å²) >= 11 is 0. The minimum absolute atomic E-state index is 0.0949. The van der Waals surface area contributed by atoms with Gasteiger partial charge in [-0.2, -0.15) is 5.10 Å². The van der Waals surface area contributed by atoms with Crippen molar-refractivity contribution in [3.63, 3.8) is 0 Å². The molecule has 0 saturated heterocycles. The highest BCUT2D eigenvalue weighted by molar-refractivity contribution is 5.57. The van der Waals surface area contributed by atoms with E-state index in [2.05, 4.69) is 10.1 Å². The molecule has 0 fully saturated rings. The summed E-state index contributed by atoms with van der Waals surface area (Å²) in [6, 6.07) is 1.24. The Kier molecular flexibility index (Phi) is 1.38. The smallest absolute Gasteiger partial charge is 0.301 e. The molecule has 13 heavy (non-hydrogen) atoms. The zero-order valence-corrected chi connectivity index (χ0v) is 6.30. The monoisotopic (exact) mass is 180 g/mol. The predicted octanol–water partition coefficient (Wildman–Crippen LogP) is -0.0692. The van der Waals surface area contributed by atoms with Crippen LogP contribution >= 0.6 is 0 Å². The van der Waals surface area contributed by atoms with Crippen LogP contribution in [0.4, 0.5) is 5.69 Å². The molecule has 7 nitrogen and oxygen atoms in total. The van der Waals surface area contributed by atoms with Crippen molar-refractivity contribution in [2.45, 2.75) is 0 Å². The first-order valence-electron chi connectivity index (χ1n) is 3.39. The van der Waals surface area contributed by atoms with Crippen LogP contribution in [0, 0.1) is 10.1 Å². The summed E-state index contributed by atoms with van der Waals surface area (Å²) in [5.74, 6) is 0. The fourth-order valence-electron chi connectivity index (χ4n) is 1.02. The lowest BCUT2D eigenvalue weighted by molar-refractivity contribution is -0.383. The van der Waals surface area contributed by atoms with E-state index in [4.69, 9.17) is 0 Å². The molecule has 7 heteroatoms. The van der Waals surface area contributed by atoms with Gasteiger partial charge in [0.1, 0.15) is 6.20 Å². The predicted molar refractivity (Wildman–Crippen MR) is 42.5 cm³/mol. The van der Waals surface area contributed by atoms with Crippen LogP contribution < -0.4 is 5.56 Å². The molecule has 0 radical (unpaired) electrons. The van der Waals surface area contributed by atoms with Crippen molar-refractivity contribution < 1.29 is 4.92 Å². The summed E-state index contributed by atoms with van der Waals surface area (Å²) in [5.41, 5.74) is -0.508. The van der Waals surface area contributed by atoms with Gasteiger partial charge >= 0.3 is 5.69 Å². The van der Waals surface area contributed by atoms with Crippen LogP contribution in [0.25, 0.3) is 5.65 Å². The van der Waals surface area contributed by atoms with Gasteiger partial charge in [0.25, 0.3) is 5.56 Å². The third-order valence-corrected chi connectivity index (χ3v) is 1.58. The van der Waals surface area contributed by atoms with Gasteiger partial charge in [-0.1, -0.05) is 0 Å². The first kappa shape index (κ1) is 7.47. The van der Waals surface area contributed by atoms with Crippen molar-refractivity contribution in [1.29, 1.82) is 0 Å². The van der Waals surface area contributed by atoms with Gasteiger partial charge in [0.15, 0.2) is 0 Å². The minimum atomic E-state index is -0.599. The van der Waals surface area contributed by atoms with Gasteiger partial charge < -0.3 is 4.98 Å². The molecule has 0 aromatic carbocycles. The molecule has 0 aliphatic heterocycles. The molecular formula is C6H4N4O3. The first-order chi connectivity index (χ1) is 6.18. The number of hydrogen-bond donors (Lipinski definition) is 1. The zero-order valence-electron chi connectivity index (χ0n) is 6.30. The summed E-state index contributed by atoms with van der Waals surface area (Å²) < 4.78 is 1.24. The molecule has 0 unspecified atom stereocenters. The third kappa shape index (κ3) is 1.06. The lowest BCUT2D eigenvalue weighted by atomic mass is 10.5. The lowest BCUT2D eigenvalue weighted by Crippen LogP contribution is -2.06. The fraction of sp³-hybridized carbons (Fsp3) is 0. The highest BCUT2D eigenvalue weighted by atomic mass is 16.6. The number of H-pyrrole nitrogens is 1. The number of hydrogen-bond acceptors (Lipinski definition) is 4. The Labute approximate surface area is 70.8 Å². The van der Waals surface area contributed by atoms with Crippen molar-refractivity contribution in [1.82, 2.24) is 14.6 Å². The van der Waals surface area contributed by atoms with Gasteiger partial charge in [-0.05, 0) is 0 Å². The van der Waals surface area contributed by atoms with E-state index < -0.39 is 10.5 Å². The molecule has 0 saturated carbocycles. The van der Waals surface area contributed by atoms with Gasteiger partial charge in [0, 0.05) is 12.3 Å². The maximum atomic E-state index is 10.8. The summed E-state index contributed by atoms with van der Waals surface area (Å²) in [6.45, 7) is 0. The highest BCUT2D eigenvalue weighted by Gasteiger charge is 2.14. The fourth-order valence-corrected chi connectivity index (χ4v) is 1.02. The SMILES string of the molecule is O=c1ccn2ncc([N+](=O)[O-])c2[nH]1. The van der Waals surface area contributed by atoms with Crippen molar-refractivity contribution in [3.05, 3.63) is 38.9 Å². The van der Waals surface area contributed by atoms with Crippen molar-refractivity contribution in [3.8, 4) is 0 Å². The van der Waals surface area contributed by atoms with Gasteiger partial charge in [0.05, 0.1) is 4.92 Å². The lowest BCUT2D eigenvalue weighted by Gasteiger charge is -1.89. The van der Waals surface area contributed by atoms with Crippen LogP contribution in [0.2, 0.25) is 0 Å². The Morgan fingerprint density at radius 1 is 1.62 bits per heavy atom. The van der Waals surface area contributed by atoms with Gasteiger partial charge in [-0.15, -0.1) is 0 Å². The molecule has 66 valence electrons. The van der Waals surface area contributed by atoms with E-state index in [0.29, 0.717) is 0 Å². The molecule has 0 bridgehead atoms. The van der Waals surface area contributed by atoms with Crippen LogP contribution in [0.1, 0.15) is 0 Å². The van der Waals surface area contributed by atoms with Crippen LogP contribution in [0.5, 0.6) is 0 Å². The second kappa shape index (κ2) is 2.41. The number of fused-ring (bicyclic) bond motifs is 1. The van der Waals surface area contributed by atoms with Gasteiger partial charge in [-0.25, -0.2) is 4.52 Å². The highest BCUT2D eigenvalue weighted by Crippen LogP contribution is 2.14. The van der Waals surface area contributed by atoms with E-state index in [-0.39, 0.29) is 11.3 Å². The van der Waals surface area contributed by atoms with E-state index in [1.165, 1.54) is 16.8 Å². The number of nitrogens with zero attached hydrogens (tertiary/aromatic N) is 3. The van der Waals surface area contributed by atoms with E-state index in [0.717, 1.165) is 6.20 Å². The molecule has 2 rings (SSSR count). The average Bonchev–Trinajstić information content (AvgIpc) is 2.46. The Morgan fingerprint density at radius 3 is 3.08 bits per heavy atom. The van der Waals surface area contributed by atoms with E-state index in [1.807, 2.05) is 0 Å². The Hall–Kier alpha value is -2.18. The second-order valence-corrected chi connectivity index (χ2v) is 2.39. The number of nitro groups is 1. The zero-order chi connectivity index (χ0) is 9.42. The van der Waals surface area contributed by atoms with Crippen molar-refractivity contribution in [2.75, 3.05) is 0 Å². The van der Waals surface area contributed by atoms with Crippen molar-refractivity contribution >= 4 is 11.3 Å². The normalized spacial score (nSPS) is 10.5. The molecule has 2 heterocycles. The quantitative estimate of drug-likeness (QED) is 0.491. The number of rotatable bonds is 1. The number of aromatic nitrogens is 3. The van der Waals surface area contributed by atoms with Crippen LogP contribution in [0.15, 0.2) is 23.3 Å². The summed E-state index contributed by atoms with van der Waals surface area (Å²) in [7, 11) is 0. The maximum Gasteiger partial charge on any atom is 0.331 e. The first-order valence-corrected chi connectivity index (χ1v) is 3.39. The second-order valence-electron chi connectivity index (χ2n) is 2.39. The summed E-state index contributed by atoms with van der Waals surface area (Å²) in [4.78, 5) is 23.0. The Morgan fingerprint density at radius 2 is 2.38 bits per heavy atom. The number of aromatic amines is 1. The minimum Gasteiger partial charge on any atom is -0.301 e. The summed E-state index contributed by atoms with van der Waals surface area (Å²) in [6.07, 6.45) is 2.45. The molecular weight excluding hydrogens is 176 g/mol. The molecule has 0 amide bonds. The molecule has 2 aromatic rings. The van der Waals surface area contributed by atoms with Gasteiger partial charge in [-0.3, -0.25) is 14.9 Å². The molecule has 0 aliphatic rings. The molecule has 2 aromatic heterocycles. The Balaban J connectivity index is 2.86. The van der Waals surface area contributed by atoms with E-state index in [9.17, 15) is 14.9 Å². The molecule has 0 aliphatic carbocycles. The van der Waals surface area contributed by atoms with Crippen LogP contribution in [-0.4, -0.2) is 19.5 Å². The summed E-state index contributed by atoms with van der Waals surface area (Å²) in [5, 5.41) is 14.1. The largest absolute Gasteiger partial charge is 0.331 e. The molecule has 1 N–H and O–H groups in total. The van der Waals surface area contributed by atoms with Gasteiger partial charge in [0.2, 0.25) is 5.65 Å². The number of nitrogens with one attached hydrogen (secondary N) is 1. The topological polar surface area (TPSA) is 93.3 Å². The Bertz CT molecular complexity index is 526. The van der Waals surface area contributed by atoms with E-state index in [1.54, 1.807) is 0 Å². The van der Waals surface area contributed by atoms with Crippen molar-refractivity contribution in [2.24, 2.45) is 0 Å². The van der Waals surface area contributed by atoms with E-state index >= 15 is 0 Å². The molecule has 0 spiro atoms. The van der Waals surface area contributed by atoms with Crippen LogP contribution in [0.3, 0.4) is 0 Å². The average molecular weight is 180 g/mol. The molecule has 0 atom stereocenters. The standard InChI is InChI=1S/C6H4N4O3/c11-5-1-2-9-6(8-5)4(3-7-9)10(12)13/h1-3H,(H,8,11). The third-order valence-electron chi connectivity index (χ3n) is 1.58.